The zero-order valence-corrected chi connectivity index (χ0v) is 9.42. The van der Waals surface area contributed by atoms with Gasteiger partial charge < -0.3 is 10.2 Å². The summed E-state index contributed by atoms with van der Waals surface area (Å²) in [5, 5.41) is 0. The van der Waals surface area contributed by atoms with Crippen LogP contribution in [0, 0.1) is 5.82 Å². The van der Waals surface area contributed by atoms with Crippen LogP contribution < -0.4 is 5.73 Å². The van der Waals surface area contributed by atoms with Crippen molar-refractivity contribution in [2.75, 3.05) is 0 Å². The third-order valence-electron chi connectivity index (χ3n) is 2.08. The van der Waals surface area contributed by atoms with Gasteiger partial charge in [-0.05, 0) is 40.2 Å². The maximum absolute atomic E-state index is 13.7. The van der Waals surface area contributed by atoms with Gasteiger partial charge in [-0.25, -0.2) is 4.39 Å². The first-order chi connectivity index (χ1) is 7.22. The highest BCUT2D eigenvalue weighted by molar-refractivity contribution is 9.10. The molecule has 1 heterocycles. The molecular weight excluding hydrogens is 261 g/mol. The first-order valence-corrected chi connectivity index (χ1v) is 5.25. The molecule has 0 saturated carbocycles. The summed E-state index contributed by atoms with van der Waals surface area (Å²) in [7, 11) is 0. The molecular formula is C11H9BrFNO. The van der Waals surface area contributed by atoms with Crippen molar-refractivity contribution in [2.45, 2.75) is 6.54 Å². The van der Waals surface area contributed by atoms with Crippen LogP contribution in [0.5, 0.6) is 0 Å². The van der Waals surface area contributed by atoms with E-state index in [1.165, 1.54) is 0 Å². The quantitative estimate of drug-likeness (QED) is 0.909. The summed E-state index contributed by atoms with van der Waals surface area (Å²) in [6.45, 7) is 0.315. The Kier molecular flexibility index (Phi) is 2.88. The molecule has 1 aromatic heterocycles. The molecule has 0 unspecified atom stereocenters. The van der Waals surface area contributed by atoms with E-state index in [-0.39, 0.29) is 5.82 Å². The summed E-state index contributed by atoms with van der Waals surface area (Å²) in [6.07, 6.45) is 0. The minimum Gasteiger partial charge on any atom is -0.460 e. The zero-order chi connectivity index (χ0) is 10.8. The summed E-state index contributed by atoms with van der Waals surface area (Å²) in [5.74, 6) is 0.814. The van der Waals surface area contributed by atoms with Gasteiger partial charge in [0.05, 0.1) is 16.6 Å². The van der Waals surface area contributed by atoms with Gasteiger partial charge in [-0.1, -0.05) is 6.07 Å². The molecule has 15 heavy (non-hydrogen) atoms. The van der Waals surface area contributed by atoms with E-state index in [0.29, 0.717) is 28.1 Å². The Morgan fingerprint density at radius 1 is 1.27 bits per heavy atom. The normalized spacial score (nSPS) is 10.6. The Labute approximate surface area is 95.0 Å². The lowest BCUT2D eigenvalue weighted by Gasteiger charge is -2.00. The van der Waals surface area contributed by atoms with E-state index in [0.717, 1.165) is 0 Å². The van der Waals surface area contributed by atoms with E-state index in [1.807, 2.05) is 0 Å². The fourth-order valence-electron chi connectivity index (χ4n) is 1.33. The fraction of sp³-hybridized carbons (Fsp3) is 0.0909. The van der Waals surface area contributed by atoms with E-state index >= 15 is 0 Å². The number of furan rings is 1. The van der Waals surface area contributed by atoms with Crippen molar-refractivity contribution < 1.29 is 8.81 Å². The summed E-state index contributed by atoms with van der Waals surface area (Å²) in [4.78, 5) is 0. The van der Waals surface area contributed by atoms with Crippen molar-refractivity contribution >= 4 is 15.9 Å². The topological polar surface area (TPSA) is 39.2 Å². The standard InChI is InChI=1S/C11H9BrFNO/c12-9-3-1-2-8(11(9)13)10-5-4-7(6-14)15-10/h1-5H,6,14H2. The molecule has 0 spiro atoms. The van der Waals surface area contributed by atoms with Gasteiger partial charge in [0.1, 0.15) is 17.3 Å². The van der Waals surface area contributed by atoms with Gasteiger partial charge in [-0.3, -0.25) is 0 Å². The van der Waals surface area contributed by atoms with Crippen molar-refractivity contribution in [3.05, 3.63) is 46.4 Å². The van der Waals surface area contributed by atoms with Gasteiger partial charge in [0.2, 0.25) is 0 Å². The van der Waals surface area contributed by atoms with E-state index in [1.54, 1.807) is 30.3 Å². The van der Waals surface area contributed by atoms with E-state index in [9.17, 15) is 4.39 Å². The summed E-state index contributed by atoms with van der Waals surface area (Å²) >= 11 is 3.13. The van der Waals surface area contributed by atoms with Crippen molar-refractivity contribution in [3.63, 3.8) is 0 Å². The molecule has 0 fully saturated rings. The molecule has 4 heteroatoms. The van der Waals surface area contributed by atoms with Gasteiger partial charge >= 0.3 is 0 Å². The molecule has 0 atom stereocenters. The Morgan fingerprint density at radius 3 is 2.73 bits per heavy atom. The summed E-state index contributed by atoms with van der Waals surface area (Å²) in [5.41, 5.74) is 5.85. The minimum absolute atomic E-state index is 0.315. The molecule has 0 bridgehead atoms. The van der Waals surface area contributed by atoms with Crippen LogP contribution in [0.4, 0.5) is 4.39 Å². The molecule has 0 saturated heterocycles. The summed E-state index contributed by atoms with van der Waals surface area (Å²) < 4.78 is 19.5. The monoisotopic (exact) mass is 269 g/mol. The predicted octanol–water partition coefficient (Wildman–Crippen LogP) is 3.31. The average Bonchev–Trinajstić information content (AvgIpc) is 2.70. The van der Waals surface area contributed by atoms with Gasteiger partial charge in [-0.15, -0.1) is 0 Å². The molecule has 1 aromatic carbocycles. The molecule has 2 N–H and O–H groups in total. The highest BCUT2D eigenvalue weighted by atomic mass is 79.9. The van der Waals surface area contributed by atoms with Crippen LogP contribution in [0.2, 0.25) is 0 Å². The molecule has 0 aliphatic rings. The predicted molar refractivity (Wildman–Crippen MR) is 59.7 cm³/mol. The molecule has 2 rings (SSSR count). The van der Waals surface area contributed by atoms with Crippen molar-refractivity contribution in [3.8, 4) is 11.3 Å². The number of halogens is 2. The van der Waals surface area contributed by atoms with E-state index in [4.69, 9.17) is 10.2 Å². The fourth-order valence-corrected chi connectivity index (χ4v) is 1.69. The molecule has 78 valence electrons. The van der Waals surface area contributed by atoms with Crippen LogP contribution in [-0.4, -0.2) is 0 Å². The molecule has 0 amide bonds. The number of rotatable bonds is 2. The summed E-state index contributed by atoms with van der Waals surface area (Å²) in [6, 6.07) is 8.53. The van der Waals surface area contributed by atoms with Gasteiger partial charge in [0.25, 0.3) is 0 Å². The molecule has 0 aliphatic heterocycles. The Bertz CT molecular complexity index is 481. The Morgan fingerprint density at radius 2 is 2.07 bits per heavy atom. The number of benzene rings is 1. The molecule has 2 aromatic rings. The highest BCUT2D eigenvalue weighted by Crippen LogP contribution is 2.28. The number of hydrogen-bond donors (Lipinski definition) is 1. The molecule has 2 nitrogen and oxygen atoms in total. The lowest BCUT2D eigenvalue weighted by atomic mass is 10.1. The highest BCUT2D eigenvalue weighted by Gasteiger charge is 2.11. The first kappa shape index (κ1) is 10.4. The van der Waals surface area contributed by atoms with Crippen LogP contribution in [0.1, 0.15) is 5.76 Å². The maximum Gasteiger partial charge on any atom is 0.148 e. The Balaban J connectivity index is 2.49. The minimum atomic E-state index is -0.324. The smallest absolute Gasteiger partial charge is 0.148 e. The van der Waals surface area contributed by atoms with Crippen molar-refractivity contribution in [2.24, 2.45) is 5.73 Å². The Hall–Kier alpha value is -1.13. The second-order valence-corrected chi connectivity index (χ2v) is 3.93. The average molecular weight is 270 g/mol. The largest absolute Gasteiger partial charge is 0.460 e. The number of hydrogen-bond acceptors (Lipinski definition) is 2. The SMILES string of the molecule is NCc1ccc(-c2cccc(Br)c2F)o1. The van der Waals surface area contributed by atoms with E-state index < -0.39 is 0 Å². The lowest BCUT2D eigenvalue weighted by molar-refractivity contribution is 0.519. The third kappa shape index (κ3) is 1.96. The number of nitrogens with two attached hydrogens (primary N) is 1. The van der Waals surface area contributed by atoms with Gasteiger partial charge in [0.15, 0.2) is 0 Å². The zero-order valence-electron chi connectivity index (χ0n) is 7.84. The van der Waals surface area contributed by atoms with Gasteiger partial charge in [0, 0.05) is 0 Å². The van der Waals surface area contributed by atoms with Crippen LogP contribution in [-0.2, 0) is 6.54 Å². The second kappa shape index (κ2) is 4.16. The maximum atomic E-state index is 13.7. The lowest BCUT2D eigenvalue weighted by Crippen LogP contribution is -1.92. The van der Waals surface area contributed by atoms with Crippen LogP contribution in [0.15, 0.2) is 39.2 Å². The molecule has 0 radical (unpaired) electrons. The third-order valence-corrected chi connectivity index (χ3v) is 2.69. The second-order valence-electron chi connectivity index (χ2n) is 3.07. The van der Waals surface area contributed by atoms with Crippen LogP contribution in [0.25, 0.3) is 11.3 Å². The van der Waals surface area contributed by atoms with Crippen LogP contribution >= 0.6 is 15.9 Å². The van der Waals surface area contributed by atoms with Crippen LogP contribution in [0.3, 0.4) is 0 Å². The van der Waals surface area contributed by atoms with Gasteiger partial charge in [-0.2, -0.15) is 0 Å². The van der Waals surface area contributed by atoms with Crippen molar-refractivity contribution in [1.82, 2.24) is 0 Å². The van der Waals surface area contributed by atoms with E-state index in [2.05, 4.69) is 15.9 Å². The molecule has 0 aliphatic carbocycles. The first-order valence-electron chi connectivity index (χ1n) is 4.45. The van der Waals surface area contributed by atoms with Crippen molar-refractivity contribution in [1.29, 1.82) is 0 Å².